The van der Waals surface area contributed by atoms with Gasteiger partial charge < -0.3 is 9.64 Å². The molecular formula is C29H35N5O2. The molecule has 3 aromatic rings. The average molecular weight is 486 g/mol. The molecule has 0 unspecified atom stereocenters. The lowest BCUT2D eigenvalue weighted by Gasteiger charge is -2.57. The lowest BCUT2D eigenvalue weighted by Crippen LogP contribution is -2.62. The Bertz CT molecular complexity index is 1150. The first-order chi connectivity index (χ1) is 17.5. The first-order valence-electron chi connectivity index (χ1n) is 12.8. The summed E-state index contributed by atoms with van der Waals surface area (Å²) < 4.78 is 5.16. The maximum absolute atomic E-state index is 12.9. The zero-order valence-electron chi connectivity index (χ0n) is 21.4. The van der Waals surface area contributed by atoms with Gasteiger partial charge in [-0.2, -0.15) is 0 Å². The minimum atomic E-state index is 0.168. The number of hydrogen-bond acceptors (Lipinski definition) is 6. The van der Waals surface area contributed by atoms with E-state index < -0.39 is 0 Å². The van der Waals surface area contributed by atoms with Gasteiger partial charge in [0.2, 0.25) is 5.91 Å². The minimum Gasteiger partial charge on any atom is -0.495 e. The number of carbonyl (C=O) groups is 1. The Morgan fingerprint density at radius 3 is 2.28 bits per heavy atom. The highest BCUT2D eigenvalue weighted by molar-refractivity contribution is 5.78. The van der Waals surface area contributed by atoms with E-state index >= 15 is 0 Å². The molecule has 2 aliphatic heterocycles. The van der Waals surface area contributed by atoms with Gasteiger partial charge in [0.15, 0.2) is 5.82 Å². The summed E-state index contributed by atoms with van der Waals surface area (Å²) in [4.78, 5) is 30.6. The third kappa shape index (κ3) is 5.12. The van der Waals surface area contributed by atoms with Crippen molar-refractivity contribution in [1.82, 2.24) is 24.8 Å². The lowest BCUT2D eigenvalue weighted by molar-refractivity contribution is -0.137. The molecular weight excluding hydrogens is 450 g/mol. The number of rotatable bonds is 7. The molecule has 188 valence electrons. The van der Waals surface area contributed by atoms with E-state index in [4.69, 9.17) is 4.74 Å². The van der Waals surface area contributed by atoms with Gasteiger partial charge in [-0.15, -0.1) is 0 Å². The number of methoxy groups -OCH3 is 1. The van der Waals surface area contributed by atoms with Crippen LogP contribution in [0.1, 0.15) is 44.0 Å². The van der Waals surface area contributed by atoms with Gasteiger partial charge in [0, 0.05) is 55.9 Å². The second kappa shape index (κ2) is 10.3. The number of piperidine rings is 1. The highest BCUT2D eigenvalue weighted by Crippen LogP contribution is 2.46. The van der Waals surface area contributed by atoms with Gasteiger partial charge in [-0.25, -0.2) is 9.97 Å². The predicted octanol–water partition coefficient (Wildman–Crippen LogP) is 4.41. The van der Waals surface area contributed by atoms with Gasteiger partial charge in [-0.1, -0.05) is 38.1 Å². The smallest absolute Gasteiger partial charge is 0.228 e. The number of pyridine rings is 1. The number of aromatic nitrogens is 3. The second-order valence-corrected chi connectivity index (χ2v) is 10.5. The fraction of sp³-hybridized carbons (Fsp3) is 0.448. The van der Waals surface area contributed by atoms with Crippen molar-refractivity contribution >= 4 is 5.91 Å². The Labute approximate surface area is 213 Å². The van der Waals surface area contributed by atoms with Crippen LogP contribution in [0.25, 0.3) is 11.4 Å². The van der Waals surface area contributed by atoms with Crippen LogP contribution in [0.15, 0.2) is 61.1 Å². The van der Waals surface area contributed by atoms with Gasteiger partial charge >= 0.3 is 0 Å². The van der Waals surface area contributed by atoms with Crippen molar-refractivity contribution in [3.8, 4) is 17.1 Å². The second-order valence-electron chi connectivity index (χ2n) is 10.5. The van der Waals surface area contributed by atoms with E-state index in [9.17, 15) is 4.79 Å². The molecule has 2 aliphatic rings. The minimum absolute atomic E-state index is 0.168. The van der Waals surface area contributed by atoms with Crippen molar-refractivity contribution in [3.05, 3.63) is 72.3 Å². The Kier molecular flexibility index (Phi) is 7.01. The largest absolute Gasteiger partial charge is 0.495 e. The fourth-order valence-corrected chi connectivity index (χ4v) is 5.76. The molecule has 0 aliphatic carbocycles. The monoisotopic (exact) mass is 485 g/mol. The van der Waals surface area contributed by atoms with Crippen molar-refractivity contribution in [3.63, 3.8) is 0 Å². The van der Waals surface area contributed by atoms with Crippen LogP contribution in [0.4, 0.5) is 0 Å². The first-order valence-corrected chi connectivity index (χ1v) is 12.8. The predicted molar refractivity (Wildman–Crippen MR) is 139 cm³/mol. The third-order valence-corrected chi connectivity index (χ3v) is 7.72. The molecule has 36 heavy (non-hydrogen) atoms. The van der Waals surface area contributed by atoms with Crippen molar-refractivity contribution < 1.29 is 9.53 Å². The van der Waals surface area contributed by atoms with Crippen LogP contribution in [-0.2, 0) is 11.2 Å². The molecule has 2 saturated heterocycles. The molecule has 1 amide bonds. The summed E-state index contributed by atoms with van der Waals surface area (Å²) in [6, 6.07) is 14.7. The number of benzene rings is 1. The summed E-state index contributed by atoms with van der Waals surface area (Å²) in [7, 11) is 1.62. The van der Waals surface area contributed by atoms with Crippen molar-refractivity contribution in [2.75, 3.05) is 33.3 Å². The van der Waals surface area contributed by atoms with Gasteiger partial charge in [0.25, 0.3) is 0 Å². The summed E-state index contributed by atoms with van der Waals surface area (Å²) in [6.07, 6.45) is 7.72. The van der Waals surface area contributed by atoms with Crippen LogP contribution in [0.5, 0.6) is 5.75 Å². The maximum Gasteiger partial charge on any atom is 0.228 e. The number of likely N-dealkylation sites (tertiary alicyclic amines) is 2. The number of amides is 1. The normalized spacial score (nSPS) is 18.2. The van der Waals surface area contributed by atoms with Crippen LogP contribution in [0.2, 0.25) is 0 Å². The van der Waals surface area contributed by atoms with E-state index in [1.54, 1.807) is 25.7 Å². The molecule has 0 N–H and O–H groups in total. The summed E-state index contributed by atoms with van der Waals surface area (Å²) >= 11 is 0. The molecule has 7 heteroatoms. The van der Waals surface area contributed by atoms with Crippen molar-refractivity contribution in [2.24, 2.45) is 11.3 Å². The Morgan fingerprint density at radius 2 is 1.69 bits per heavy atom. The highest BCUT2D eigenvalue weighted by atomic mass is 16.5. The molecule has 5 rings (SSSR count). The van der Waals surface area contributed by atoms with E-state index in [0.717, 1.165) is 56.1 Å². The van der Waals surface area contributed by atoms with Gasteiger partial charge in [0.1, 0.15) is 5.75 Å². The molecule has 0 radical (unpaired) electrons. The topological polar surface area (TPSA) is 71.5 Å². The van der Waals surface area contributed by atoms with Crippen molar-refractivity contribution in [2.45, 2.75) is 39.2 Å². The van der Waals surface area contributed by atoms with Crippen LogP contribution >= 0.6 is 0 Å². The molecule has 4 heterocycles. The average Bonchev–Trinajstić information content (AvgIpc) is 2.89. The summed E-state index contributed by atoms with van der Waals surface area (Å²) in [5.74, 6) is 2.15. The number of hydrogen-bond donors (Lipinski definition) is 0. The molecule has 1 aromatic carbocycles. The van der Waals surface area contributed by atoms with Crippen LogP contribution in [0.3, 0.4) is 0 Å². The number of ether oxygens (including phenoxy) is 1. The SMILES string of the molecule is COc1ccc(CC(=O)N2CCC3(CC2)CN([C@@H](c2ccc(-c4ncccn4)cc2)C(C)C)C3)nc1. The van der Waals surface area contributed by atoms with E-state index in [-0.39, 0.29) is 5.91 Å². The van der Waals surface area contributed by atoms with Crippen molar-refractivity contribution in [1.29, 1.82) is 0 Å². The zero-order valence-corrected chi connectivity index (χ0v) is 21.4. The standard InChI is InChI=1S/C29H35N5O2/c1-21(2)27(22-5-7-23(8-6-22)28-30-13-4-14-31-28)34-19-29(20-34)11-15-33(16-12-29)26(35)17-24-9-10-25(36-3)18-32-24/h4-10,13-14,18,21,27H,11-12,15-17,19-20H2,1-3H3/t27-/m1/s1. The Hall–Kier alpha value is -3.32. The van der Waals surface area contributed by atoms with Crippen LogP contribution < -0.4 is 4.74 Å². The quantitative estimate of drug-likeness (QED) is 0.494. The van der Waals surface area contributed by atoms with Gasteiger partial charge in [-0.3, -0.25) is 14.7 Å². The molecule has 0 bridgehead atoms. The maximum atomic E-state index is 12.9. The highest BCUT2D eigenvalue weighted by Gasteiger charge is 2.48. The number of nitrogens with zero attached hydrogens (tertiary/aromatic N) is 5. The molecule has 7 nitrogen and oxygen atoms in total. The van der Waals surface area contributed by atoms with E-state index in [0.29, 0.717) is 29.5 Å². The Morgan fingerprint density at radius 1 is 1.00 bits per heavy atom. The van der Waals surface area contributed by atoms with E-state index in [1.807, 2.05) is 23.1 Å². The number of carbonyl (C=O) groups excluding carboxylic acids is 1. The summed E-state index contributed by atoms with van der Waals surface area (Å²) in [5, 5.41) is 0. The molecule has 2 aromatic heterocycles. The first kappa shape index (κ1) is 24.4. The van der Waals surface area contributed by atoms with Gasteiger partial charge in [0.05, 0.1) is 19.7 Å². The summed E-state index contributed by atoms with van der Waals surface area (Å²) in [6.45, 7) is 8.47. The molecule has 2 fully saturated rings. The van der Waals surface area contributed by atoms with E-state index in [2.05, 4.69) is 58.0 Å². The van der Waals surface area contributed by atoms with Crippen LogP contribution in [-0.4, -0.2) is 63.9 Å². The fourth-order valence-electron chi connectivity index (χ4n) is 5.76. The third-order valence-electron chi connectivity index (χ3n) is 7.72. The molecule has 1 atom stereocenters. The summed E-state index contributed by atoms with van der Waals surface area (Å²) in [5.41, 5.74) is 3.52. The Balaban J connectivity index is 1.16. The van der Waals surface area contributed by atoms with E-state index in [1.165, 1.54) is 5.56 Å². The zero-order chi connectivity index (χ0) is 25.1. The van der Waals surface area contributed by atoms with Gasteiger partial charge in [-0.05, 0) is 47.9 Å². The van der Waals surface area contributed by atoms with Crippen LogP contribution in [0, 0.1) is 11.3 Å². The molecule has 1 spiro atoms. The molecule has 0 saturated carbocycles. The lowest BCUT2D eigenvalue weighted by atomic mass is 9.70.